The van der Waals surface area contributed by atoms with E-state index in [1.807, 2.05) is 23.1 Å². The van der Waals surface area contributed by atoms with Crippen molar-refractivity contribution in [3.8, 4) is 0 Å². The van der Waals surface area contributed by atoms with Gasteiger partial charge in [-0.3, -0.25) is 9.69 Å². The van der Waals surface area contributed by atoms with Gasteiger partial charge in [0.25, 0.3) is 0 Å². The molecule has 0 N–H and O–H groups in total. The summed E-state index contributed by atoms with van der Waals surface area (Å²) < 4.78 is 0. The third-order valence-electron chi connectivity index (χ3n) is 6.14. The molecule has 0 aliphatic carbocycles. The van der Waals surface area contributed by atoms with Crippen molar-refractivity contribution in [3.05, 3.63) is 28.8 Å². The maximum Gasteiger partial charge on any atom is 0.228 e. The van der Waals surface area contributed by atoms with Crippen LogP contribution in [0.5, 0.6) is 0 Å². The molecule has 142 valence electrons. The van der Waals surface area contributed by atoms with Gasteiger partial charge in [0.1, 0.15) is 0 Å². The third-order valence-corrected chi connectivity index (χ3v) is 6.37. The first-order valence-corrected chi connectivity index (χ1v) is 10.2. The molecule has 1 atom stereocenters. The van der Waals surface area contributed by atoms with Crippen LogP contribution in [0.15, 0.2) is 18.2 Å². The topological polar surface area (TPSA) is 30.0 Å². The van der Waals surface area contributed by atoms with E-state index in [1.54, 1.807) is 0 Å². The van der Waals surface area contributed by atoms with Crippen molar-refractivity contribution in [2.45, 2.75) is 31.8 Å². The average molecular weight is 377 g/mol. The van der Waals surface area contributed by atoms with E-state index in [0.29, 0.717) is 12.5 Å². The summed E-state index contributed by atoms with van der Waals surface area (Å²) in [5.74, 6) is 0.251. The number of fused-ring (bicyclic) bond motifs is 2. The van der Waals surface area contributed by atoms with Gasteiger partial charge in [0, 0.05) is 69.0 Å². The van der Waals surface area contributed by atoms with Crippen LogP contribution in [0.1, 0.15) is 24.8 Å². The Balaban J connectivity index is 1.48. The van der Waals surface area contributed by atoms with E-state index >= 15 is 0 Å². The number of carbonyl (C=O) groups is 1. The Morgan fingerprint density at radius 3 is 2.81 bits per heavy atom. The average Bonchev–Trinajstić information content (AvgIpc) is 3.00. The largest absolute Gasteiger partial charge is 0.310 e. The highest BCUT2D eigenvalue weighted by atomic mass is 35.5. The standard InChI is InChI=1S/C20H29ClN4O/c1-22-9-11-23(12-10-22)8-6-20(26)25-15-18-3-2-7-24(18)14-16-13-17(21)4-5-19(16)25/h4-5,13,18H,2-3,6-12,14-15H2,1H3. The van der Waals surface area contributed by atoms with Crippen LogP contribution in [0, 0.1) is 0 Å². The summed E-state index contributed by atoms with van der Waals surface area (Å²) in [5, 5.41) is 0.756. The van der Waals surface area contributed by atoms with Crippen molar-refractivity contribution in [1.82, 2.24) is 14.7 Å². The highest BCUT2D eigenvalue weighted by molar-refractivity contribution is 6.30. The minimum Gasteiger partial charge on any atom is -0.310 e. The summed E-state index contributed by atoms with van der Waals surface area (Å²) in [6, 6.07) is 6.47. The Kier molecular flexibility index (Phi) is 5.50. The van der Waals surface area contributed by atoms with Crippen LogP contribution in [0.3, 0.4) is 0 Å². The Hall–Kier alpha value is -1.14. The molecule has 3 aliphatic heterocycles. The lowest BCUT2D eigenvalue weighted by molar-refractivity contribution is -0.119. The molecule has 4 rings (SSSR count). The summed E-state index contributed by atoms with van der Waals surface area (Å²) in [4.78, 5) is 22.5. The minimum absolute atomic E-state index is 0.251. The zero-order valence-electron chi connectivity index (χ0n) is 15.7. The summed E-state index contributed by atoms with van der Waals surface area (Å²) in [5.41, 5.74) is 2.25. The number of hydrogen-bond acceptors (Lipinski definition) is 4. The number of piperazine rings is 1. The molecule has 2 saturated heterocycles. The molecule has 1 unspecified atom stereocenters. The van der Waals surface area contributed by atoms with Crippen LogP contribution in [0.2, 0.25) is 5.02 Å². The second-order valence-electron chi connectivity index (χ2n) is 7.94. The lowest BCUT2D eigenvalue weighted by Crippen LogP contribution is -2.46. The Labute approximate surface area is 161 Å². The van der Waals surface area contributed by atoms with E-state index in [9.17, 15) is 4.79 Å². The zero-order valence-corrected chi connectivity index (χ0v) is 16.4. The number of amides is 1. The van der Waals surface area contributed by atoms with Crippen molar-refractivity contribution >= 4 is 23.2 Å². The van der Waals surface area contributed by atoms with E-state index in [0.717, 1.165) is 63.1 Å². The van der Waals surface area contributed by atoms with Gasteiger partial charge in [0.2, 0.25) is 5.91 Å². The second-order valence-corrected chi connectivity index (χ2v) is 8.38. The van der Waals surface area contributed by atoms with Crippen LogP contribution in [-0.2, 0) is 11.3 Å². The zero-order chi connectivity index (χ0) is 18.1. The fourth-order valence-corrected chi connectivity index (χ4v) is 4.67. The molecule has 0 saturated carbocycles. The normalized spacial score (nSPS) is 25.0. The van der Waals surface area contributed by atoms with Crippen molar-refractivity contribution in [2.24, 2.45) is 0 Å². The molecule has 0 aromatic heterocycles. The molecule has 1 aromatic carbocycles. The van der Waals surface area contributed by atoms with E-state index in [-0.39, 0.29) is 5.91 Å². The molecular formula is C20H29ClN4O. The van der Waals surface area contributed by atoms with Gasteiger partial charge in [0.05, 0.1) is 0 Å². The van der Waals surface area contributed by atoms with Crippen LogP contribution >= 0.6 is 11.6 Å². The number of hydrogen-bond donors (Lipinski definition) is 0. The number of nitrogens with zero attached hydrogens (tertiary/aromatic N) is 4. The van der Waals surface area contributed by atoms with E-state index in [1.165, 1.54) is 18.4 Å². The number of benzene rings is 1. The Bertz CT molecular complexity index is 659. The van der Waals surface area contributed by atoms with Crippen molar-refractivity contribution in [2.75, 3.05) is 57.8 Å². The van der Waals surface area contributed by atoms with Gasteiger partial charge in [0.15, 0.2) is 0 Å². The minimum atomic E-state index is 0.251. The van der Waals surface area contributed by atoms with Crippen molar-refractivity contribution in [3.63, 3.8) is 0 Å². The summed E-state index contributed by atoms with van der Waals surface area (Å²) in [6.07, 6.45) is 3.01. The Morgan fingerprint density at radius 1 is 1.19 bits per heavy atom. The molecular weight excluding hydrogens is 348 g/mol. The third kappa shape index (κ3) is 3.91. The monoisotopic (exact) mass is 376 g/mol. The number of carbonyl (C=O) groups excluding carboxylic acids is 1. The van der Waals surface area contributed by atoms with Crippen molar-refractivity contribution < 1.29 is 4.79 Å². The maximum absolute atomic E-state index is 13.1. The quantitative estimate of drug-likeness (QED) is 0.809. The van der Waals surface area contributed by atoms with Crippen LogP contribution in [0.4, 0.5) is 5.69 Å². The molecule has 1 amide bonds. The Morgan fingerprint density at radius 2 is 2.00 bits per heavy atom. The molecule has 5 nitrogen and oxygen atoms in total. The lowest BCUT2D eigenvalue weighted by atomic mass is 10.1. The molecule has 26 heavy (non-hydrogen) atoms. The number of anilines is 1. The highest BCUT2D eigenvalue weighted by Gasteiger charge is 2.33. The number of rotatable bonds is 3. The first-order valence-electron chi connectivity index (χ1n) is 9.84. The fraction of sp³-hybridized carbons (Fsp3) is 0.650. The molecule has 0 radical (unpaired) electrons. The van der Waals surface area contributed by atoms with Gasteiger partial charge >= 0.3 is 0 Å². The summed E-state index contributed by atoms with van der Waals surface area (Å²) in [7, 11) is 2.16. The molecule has 3 aliphatic rings. The molecule has 0 spiro atoms. The van der Waals surface area contributed by atoms with Crippen molar-refractivity contribution in [1.29, 1.82) is 0 Å². The smallest absolute Gasteiger partial charge is 0.228 e. The predicted octanol–water partition coefficient (Wildman–Crippen LogP) is 2.29. The molecule has 6 heteroatoms. The highest BCUT2D eigenvalue weighted by Crippen LogP contribution is 2.33. The first kappa shape index (κ1) is 18.2. The molecule has 1 aromatic rings. The van der Waals surface area contributed by atoms with Gasteiger partial charge in [-0.2, -0.15) is 0 Å². The molecule has 0 bridgehead atoms. The lowest BCUT2D eigenvalue weighted by Gasteiger charge is -2.33. The van der Waals surface area contributed by atoms with Crippen LogP contribution < -0.4 is 4.90 Å². The van der Waals surface area contributed by atoms with Gasteiger partial charge in [-0.25, -0.2) is 0 Å². The van der Waals surface area contributed by atoms with Gasteiger partial charge < -0.3 is 14.7 Å². The first-order chi connectivity index (χ1) is 12.6. The number of likely N-dealkylation sites (N-methyl/N-ethyl adjacent to an activating group) is 1. The molecule has 3 heterocycles. The summed E-state index contributed by atoms with van der Waals surface area (Å²) in [6.45, 7) is 8.02. The van der Waals surface area contributed by atoms with Gasteiger partial charge in [-0.05, 0) is 50.2 Å². The SMILES string of the molecule is CN1CCN(CCC(=O)N2CC3CCCN3Cc3cc(Cl)ccc32)CC1. The maximum atomic E-state index is 13.1. The number of halogens is 1. The van der Waals surface area contributed by atoms with Crippen LogP contribution in [-0.4, -0.2) is 79.5 Å². The second kappa shape index (κ2) is 7.85. The van der Waals surface area contributed by atoms with Gasteiger partial charge in [-0.1, -0.05) is 11.6 Å². The van der Waals surface area contributed by atoms with Crippen LogP contribution in [0.25, 0.3) is 0 Å². The van der Waals surface area contributed by atoms with Gasteiger partial charge in [-0.15, -0.1) is 0 Å². The predicted molar refractivity (Wildman–Crippen MR) is 106 cm³/mol. The molecule has 2 fully saturated rings. The summed E-state index contributed by atoms with van der Waals surface area (Å²) >= 11 is 6.24. The van der Waals surface area contributed by atoms with E-state index in [2.05, 4.69) is 21.7 Å². The van der Waals surface area contributed by atoms with E-state index < -0.39 is 0 Å². The van der Waals surface area contributed by atoms with E-state index in [4.69, 9.17) is 11.6 Å². The fourth-order valence-electron chi connectivity index (χ4n) is 4.48.